The van der Waals surface area contributed by atoms with Crippen molar-refractivity contribution in [3.05, 3.63) is 35.4 Å². The molecule has 0 amide bonds. The van der Waals surface area contributed by atoms with Gasteiger partial charge in [-0.05, 0) is 12.1 Å². The molecule has 0 atom stereocenters. The zero-order chi connectivity index (χ0) is 18.3. The summed E-state index contributed by atoms with van der Waals surface area (Å²) < 4.78 is 112. The Labute approximate surface area is 122 Å². The van der Waals surface area contributed by atoms with Crippen LogP contribution in [0.1, 0.15) is 22.3 Å². The zero-order valence-electron chi connectivity index (χ0n) is 10.8. The maximum atomic E-state index is 12.4. The fourth-order valence-corrected chi connectivity index (χ4v) is 1.56. The average molecular weight is 354 g/mol. The van der Waals surface area contributed by atoms with Crippen LogP contribution in [0.3, 0.4) is 0 Å². The Hall–Kier alpha value is -1.78. The minimum atomic E-state index is -6.23. The Morgan fingerprint density at radius 3 is 1.78 bits per heavy atom. The van der Waals surface area contributed by atoms with Crippen LogP contribution in [0.2, 0.25) is 0 Å². The van der Waals surface area contributed by atoms with Gasteiger partial charge in [-0.2, -0.15) is 39.5 Å². The van der Waals surface area contributed by atoms with Crippen molar-refractivity contribution in [3.63, 3.8) is 0 Å². The lowest BCUT2D eigenvalue weighted by Gasteiger charge is -2.31. The molecule has 0 unspecified atom stereocenters. The Morgan fingerprint density at radius 1 is 0.913 bits per heavy atom. The maximum absolute atomic E-state index is 12.4. The monoisotopic (exact) mass is 354 g/mol. The van der Waals surface area contributed by atoms with Crippen molar-refractivity contribution in [2.75, 3.05) is 0 Å². The Kier molecular flexibility index (Phi) is 4.77. The zero-order valence-corrected chi connectivity index (χ0v) is 10.8. The first-order valence-corrected chi connectivity index (χ1v) is 5.66. The van der Waals surface area contributed by atoms with E-state index < -0.39 is 47.5 Å². The van der Waals surface area contributed by atoms with Gasteiger partial charge in [0, 0.05) is 5.56 Å². The van der Waals surface area contributed by atoms with Crippen molar-refractivity contribution >= 4 is 5.78 Å². The van der Waals surface area contributed by atoms with Crippen molar-refractivity contribution in [1.82, 2.24) is 0 Å². The van der Waals surface area contributed by atoms with Crippen LogP contribution in [0.15, 0.2) is 24.3 Å². The first kappa shape index (κ1) is 19.3. The summed E-state index contributed by atoms with van der Waals surface area (Å²) in [7, 11) is 0. The predicted molar refractivity (Wildman–Crippen MR) is 57.5 cm³/mol. The highest BCUT2D eigenvalue weighted by Crippen LogP contribution is 2.45. The van der Waals surface area contributed by atoms with E-state index in [9.17, 15) is 44.3 Å². The van der Waals surface area contributed by atoms with Crippen molar-refractivity contribution in [1.29, 1.82) is 0 Å². The number of carbonyl (C=O) groups excluding carboxylic acids is 1. The topological polar surface area (TPSA) is 37.3 Å². The summed E-state index contributed by atoms with van der Waals surface area (Å²) in [5.74, 6) is -1.94. The summed E-state index contributed by atoms with van der Waals surface area (Å²) in [6.45, 7) is 0. The van der Waals surface area contributed by atoms with E-state index in [-0.39, 0.29) is 6.07 Å². The molecule has 0 saturated carbocycles. The van der Waals surface area contributed by atoms with Gasteiger partial charge in [0.05, 0.1) is 12.0 Å². The van der Waals surface area contributed by atoms with Gasteiger partial charge in [-0.25, -0.2) is 0 Å². The molecule has 130 valence electrons. The summed E-state index contributed by atoms with van der Waals surface area (Å²) in [6, 6.07) is 1.85. The molecule has 1 rings (SSSR count). The van der Waals surface area contributed by atoms with Gasteiger partial charge in [0.1, 0.15) is 0 Å². The molecule has 0 saturated heterocycles. The largest absolute Gasteiger partial charge is 0.426 e. The van der Waals surface area contributed by atoms with Gasteiger partial charge in [-0.3, -0.25) is 4.79 Å². The molecule has 0 heterocycles. The second-order valence-corrected chi connectivity index (χ2v) is 4.53. The molecular weight excluding hydrogens is 347 g/mol. The second kappa shape index (κ2) is 5.69. The van der Waals surface area contributed by atoms with Gasteiger partial charge in [0.25, 0.3) is 5.60 Å². The van der Waals surface area contributed by atoms with Crippen molar-refractivity contribution in [2.45, 2.75) is 30.6 Å². The van der Waals surface area contributed by atoms with Crippen LogP contribution in [0.5, 0.6) is 0 Å². The van der Waals surface area contributed by atoms with Gasteiger partial charge in [0.15, 0.2) is 5.78 Å². The van der Waals surface area contributed by atoms with Crippen LogP contribution >= 0.6 is 0 Å². The molecule has 0 aliphatic heterocycles. The average Bonchev–Trinajstić information content (AvgIpc) is 2.35. The fourth-order valence-electron chi connectivity index (χ4n) is 1.56. The molecule has 0 bridgehead atoms. The smallest absolute Gasteiger partial charge is 0.373 e. The van der Waals surface area contributed by atoms with Crippen molar-refractivity contribution in [3.8, 4) is 0 Å². The number of benzene rings is 1. The number of halogens is 9. The minimum absolute atomic E-state index is 0.107. The van der Waals surface area contributed by atoms with Gasteiger partial charge in [-0.1, -0.05) is 12.1 Å². The van der Waals surface area contributed by atoms with Crippen LogP contribution in [0.25, 0.3) is 0 Å². The summed E-state index contributed by atoms with van der Waals surface area (Å²) >= 11 is 0. The molecule has 1 aromatic rings. The summed E-state index contributed by atoms with van der Waals surface area (Å²) in [6.07, 6.45) is -19.9. The van der Waals surface area contributed by atoms with E-state index >= 15 is 0 Å². The lowest BCUT2D eigenvalue weighted by molar-refractivity contribution is -0.365. The third-order valence-corrected chi connectivity index (χ3v) is 2.87. The van der Waals surface area contributed by atoms with E-state index in [0.29, 0.717) is 18.2 Å². The van der Waals surface area contributed by atoms with Crippen LogP contribution in [0, 0.1) is 0 Å². The van der Waals surface area contributed by atoms with Crippen LogP contribution < -0.4 is 0 Å². The Morgan fingerprint density at radius 2 is 1.39 bits per heavy atom. The molecule has 0 aliphatic rings. The highest BCUT2D eigenvalue weighted by molar-refractivity contribution is 5.97. The van der Waals surface area contributed by atoms with Crippen molar-refractivity contribution in [2.24, 2.45) is 0 Å². The second-order valence-electron chi connectivity index (χ2n) is 4.53. The lowest BCUT2D eigenvalue weighted by atomic mass is 9.92. The van der Waals surface area contributed by atoms with E-state index in [1.807, 2.05) is 0 Å². The SMILES string of the molecule is O=C(CC(O)(C(F)(F)F)C(F)(F)F)c1cccc(C(F)(F)F)c1. The quantitative estimate of drug-likeness (QED) is 0.655. The third kappa shape index (κ3) is 3.95. The number of alkyl halides is 9. The van der Waals surface area contributed by atoms with E-state index in [1.54, 1.807) is 0 Å². The summed E-state index contributed by atoms with van der Waals surface area (Å²) in [4.78, 5) is 11.5. The molecule has 1 N–H and O–H groups in total. The lowest BCUT2D eigenvalue weighted by Crippen LogP contribution is -2.57. The van der Waals surface area contributed by atoms with Crippen molar-refractivity contribution < 1.29 is 49.4 Å². The molecule has 0 spiro atoms. The number of hydrogen-bond acceptors (Lipinski definition) is 2. The maximum Gasteiger partial charge on any atom is 0.426 e. The van der Waals surface area contributed by atoms with Gasteiger partial charge < -0.3 is 5.11 Å². The highest BCUT2D eigenvalue weighted by atomic mass is 19.4. The van der Waals surface area contributed by atoms with Crippen LogP contribution in [-0.2, 0) is 6.18 Å². The number of rotatable bonds is 3. The Bertz CT molecular complexity index is 569. The molecule has 0 aliphatic carbocycles. The standard InChI is InChI=1S/C12H7F9O2/c13-10(14,15)7-3-1-2-6(4-7)8(22)5-9(23,11(16,17)18)12(19,20)21/h1-4,23H,5H2. The normalized spacial score (nSPS) is 14.0. The number of ketones is 1. The Balaban J connectivity index is 3.21. The minimum Gasteiger partial charge on any atom is -0.373 e. The van der Waals surface area contributed by atoms with Crippen LogP contribution in [0.4, 0.5) is 39.5 Å². The predicted octanol–water partition coefficient (Wildman–Crippen LogP) is 4.13. The molecule has 1 aromatic carbocycles. The molecule has 0 fully saturated rings. The number of hydrogen-bond donors (Lipinski definition) is 1. The molecule has 0 aromatic heterocycles. The van der Waals surface area contributed by atoms with E-state index in [2.05, 4.69) is 0 Å². The fraction of sp³-hybridized carbons (Fsp3) is 0.417. The molecule has 2 nitrogen and oxygen atoms in total. The molecular formula is C12H7F9O2. The third-order valence-electron chi connectivity index (χ3n) is 2.87. The van der Waals surface area contributed by atoms with Crippen LogP contribution in [-0.4, -0.2) is 28.8 Å². The van der Waals surface area contributed by atoms with Gasteiger partial charge in [0.2, 0.25) is 0 Å². The first-order chi connectivity index (χ1) is 10.1. The highest BCUT2D eigenvalue weighted by Gasteiger charge is 2.70. The van der Waals surface area contributed by atoms with E-state index in [1.165, 1.54) is 0 Å². The van der Waals surface area contributed by atoms with Gasteiger partial charge in [-0.15, -0.1) is 0 Å². The number of aliphatic hydroxyl groups is 1. The molecule has 23 heavy (non-hydrogen) atoms. The summed E-state index contributed by atoms with van der Waals surface area (Å²) in [5.41, 5.74) is -7.82. The molecule has 0 radical (unpaired) electrons. The summed E-state index contributed by atoms with van der Waals surface area (Å²) in [5, 5.41) is 8.85. The number of carbonyl (C=O) groups is 1. The number of Topliss-reactive ketones (excluding diaryl/α,β-unsaturated/α-hetero) is 1. The van der Waals surface area contributed by atoms with E-state index in [0.717, 1.165) is 0 Å². The molecule has 11 heteroatoms. The van der Waals surface area contributed by atoms with E-state index in [4.69, 9.17) is 5.11 Å². The first-order valence-electron chi connectivity index (χ1n) is 5.66. The van der Waals surface area contributed by atoms with Gasteiger partial charge >= 0.3 is 18.5 Å².